The number of aryl methyl sites for hydroxylation is 1. The largest absolute Gasteiger partial charge is 0.445 e. The van der Waals surface area contributed by atoms with Crippen LogP contribution in [0.3, 0.4) is 0 Å². The fourth-order valence-electron chi connectivity index (χ4n) is 1.65. The maximum absolute atomic E-state index is 12.0. The van der Waals surface area contributed by atoms with E-state index in [0.29, 0.717) is 19.0 Å². The van der Waals surface area contributed by atoms with E-state index in [0.717, 1.165) is 12.3 Å². The van der Waals surface area contributed by atoms with Gasteiger partial charge >= 0.3 is 0 Å². The van der Waals surface area contributed by atoms with Crippen molar-refractivity contribution in [1.29, 1.82) is 0 Å². The number of amides is 1. The number of nitrogens with zero attached hydrogens (tertiary/aromatic N) is 1. The van der Waals surface area contributed by atoms with Gasteiger partial charge in [-0.25, -0.2) is 0 Å². The smallest absolute Gasteiger partial charge is 0.259 e. The molecule has 5 heteroatoms. The standard InChI is InChI=1S/C11H16N2O3/c1-8-3-4-10(16-8)13(2)11(14)9-7-12-5-6-15-9/h3-4,9,12H,5-7H2,1-2H3. The number of rotatable bonds is 2. The molecule has 0 bridgehead atoms. The van der Waals surface area contributed by atoms with Gasteiger partial charge in [-0.15, -0.1) is 0 Å². The van der Waals surface area contributed by atoms with E-state index < -0.39 is 6.10 Å². The van der Waals surface area contributed by atoms with Gasteiger partial charge in [-0.1, -0.05) is 0 Å². The first kappa shape index (κ1) is 11.2. The maximum atomic E-state index is 12.0. The number of carbonyl (C=O) groups is 1. The lowest BCUT2D eigenvalue weighted by Gasteiger charge is -2.26. The third kappa shape index (κ3) is 2.25. The summed E-state index contributed by atoms with van der Waals surface area (Å²) < 4.78 is 10.8. The Balaban J connectivity index is 2.03. The molecule has 0 spiro atoms. The SMILES string of the molecule is Cc1ccc(N(C)C(=O)C2CNCCO2)o1. The highest BCUT2D eigenvalue weighted by Crippen LogP contribution is 2.17. The highest BCUT2D eigenvalue weighted by Gasteiger charge is 2.26. The molecular formula is C11H16N2O3. The van der Waals surface area contributed by atoms with Gasteiger partial charge in [0, 0.05) is 26.2 Å². The van der Waals surface area contributed by atoms with Crippen molar-refractivity contribution >= 4 is 11.8 Å². The number of carbonyl (C=O) groups excluding carboxylic acids is 1. The molecule has 1 aliphatic heterocycles. The van der Waals surface area contributed by atoms with E-state index in [1.807, 2.05) is 13.0 Å². The second kappa shape index (κ2) is 4.67. The van der Waals surface area contributed by atoms with Gasteiger partial charge in [-0.2, -0.15) is 0 Å². The minimum atomic E-state index is -0.413. The zero-order valence-electron chi connectivity index (χ0n) is 9.53. The van der Waals surface area contributed by atoms with Gasteiger partial charge in [-0.3, -0.25) is 9.69 Å². The third-order valence-corrected chi connectivity index (χ3v) is 2.59. The van der Waals surface area contributed by atoms with Gasteiger partial charge < -0.3 is 14.5 Å². The summed E-state index contributed by atoms with van der Waals surface area (Å²) in [4.78, 5) is 13.5. The van der Waals surface area contributed by atoms with Gasteiger partial charge in [0.2, 0.25) is 5.88 Å². The fourth-order valence-corrected chi connectivity index (χ4v) is 1.65. The Kier molecular flexibility index (Phi) is 3.26. The Morgan fingerprint density at radius 1 is 1.56 bits per heavy atom. The Bertz CT molecular complexity index is 369. The highest BCUT2D eigenvalue weighted by atomic mass is 16.5. The molecule has 1 atom stereocenters. The molecule has 0 aliphatic carbocycles. The van der Waals surface area contributed by atoms with Gasteiger partial charge in [0.05, 0.1) is 6.61 Å². The number of anilines is 1. The molecular weight excluding hydrogens is 208 g/mol. The molecule has 0 aromatic carbocycles. The van der Waals surface area contributed by atoms with E-state index >= 15 is 0 Å². The van der Waals surface area contributed by atoms with Crippen LogP contribution in [0.5, 0.6) is 0 Å². The number of hydrogen-bond donors (Lipinski definition) is 1. The van der Waals surface area contributed by atoms with E-state index in [9.17, 15) is 4.79 Å². The van der Waals surface area contributed by atoms with Crippen LogP contribution in [0, 0.1) is 6.92 Å². The molecule has 1 aliphatic rings. The van der Waals surface area contributed by atoms with Crippen LogP contribution in [-0.2, 0) is 9.53 Å². The van der Waals surface area contributed by atoms with E-state index in [4.69, 9.17) is 9.15 Å². The van der Waals surface area contributed by atoms with Crippen LogP contribution in [0.2, 0.25) is 0 Å². The number of hydrogen-bond acceptors (Lipinski definition) is 4. The van der Waals surface area contributed by atoms with Crippen molar-refractivity contribution in [3.63, 3.8) is 0 Å². The summed E-state index contributed by atoms with van der Waals surface area (Å²) in [6.07, 6.45) is -0.413. The molecule has 1 saturated heterocycles. The van der Waals surface area contributed by atoms with Crippen LogP contribution in [0.15, 0.2) is 16.5 Å². The van der Waals surface area contributed by atoms with Crippen molar-refractivity contribution in [2.45, 2.75) is 13.0 Å². The van der Waals surface area contributed by atoms with Crippen LogP contribution in [0.25, 0.3) is 0 Å². The van der Waals surface area contributed by atoms with Crippen molar-refractivity contribution < 1.29 is 13.9 Å². The summed E-state index contributed by atoms with van der Waals surface area (Å²) in [5.41, 5.74) is 0. The number of likely N-dealkylation sites (N-methyl/N-ethyl adjacent to an activating group) is 1. The van der Waals surface area contributed by atoms with Crippen molar-refractivity contribution in [2.24, 2.45) is 0 Å². The average Bonchev–Trinajstić information content (AvgIpc) is 2.75. The molecule has 5 nitrogen and oxygen atoms in total. The number of furan rings is 1. The first-order valence-corrected chi connectivity index (χ1v) is 5.35. The Hall–Kier alpha value is -1.33. The molecule has 1 aromatic heterocycles. The van der Waals surface area contributed by atoms with Gasteiger partial charge in [-0.05, 0) is 13.0 Å². The Morgan fingerprint density at radius 3 is 2.94 bits per heavy atom. The van der Waals surface area contributed by atoms with Crippen molar-refractivity contribution in [2.75, 3.05) is 31.6 Å². The summed E-state index contributed by atoms with van der Waals surface area (Å²) in [6, 6.07) is 3.61. The zero-order valence-corrected chi connectivity index (χ0v) is 9.53. The van der Waals surface area contributed by atoms with E-state index in [-0.39, 0.29) is 5.91 Å². The molecule has 0 saturated carbocycles. The monoisotopic (exact) mass is 224 g/mol. The van der Waals surface area contributed by atoms with Crippen molar-refractivity contribution in [3.8, 4) is 0 Å². The highest BCUT2D eigenvalue weighted by molar-refractivity contribution is 5.95. The second-order valence-corrected chi connectivity index (χ2v) is 3.85. The minimum Gasteiger partial charge on any atom is -0.445 e. The molecule has 16 heavy (non-hydrogen) atoms. The quantitative estimate of drug-likeness (QED) is 0.796. The molecule has 1 fully saturated rings. The lowest BCUT2D eigenvalue weighted by Crippen LogP contribution is -2.48. The van der Waals surface area contributed by atoms with Gasteiger partial charge in [0.1, 0.15) is 11.9 Å². The third-order valence-electron chi connectivity index (χ3n) is 2.59. The lowest BCUT2D eigenvalue weighted by atomic mass is 10.2. The van der Waals surface area contributed by atoms with E-state index in [2.05, 4.69) is 5.32 Å². The van der Waals surface area contributed by atoms with Crippen molar-refractivity contribution in [3.05, 3.63) is 17.9 Å². The summed E-state index contributed by atoms with van der Waals surface area (Å²) in [6.45, 7) is 3.78. The molecule has 1 unspecified atom stereocenters. The summed E-state index contributed by atoms with van der Waals surface area (Å²) in [7, 11) is 1.69. The molecule has 1 aromatic rings. The summed E-state index contributed by atoms with van der Waals surface area (Å²) >= 11 is 0. The number of morpholine rings is 1. The number of ether oxygens (including phenoxy) is 1. The van der Waals surface area contributed by atoms with Crippen LogP contribution >= 0.6 is 0 Å². The molecule has 1 N–H and O–H groups in total. The first-order valence-electron chi connectivity index (χ1n) is 5.35. The summed E-state index contributed by atoms with van der Waals surface area (Å²) in [5.74, 6) is 1.26. The average molecular weight is 224 g/mol. The summed E-state index contributed by atoms with van der Waals surface area (Å²) in [5, 5.41) is 3.12. The number of nitrogens with one attached hydrogen (secondary N) is 1. The van der Waals surface area contributed by atoms with Crippen molar-refractivity contribution in [1.82, 2.24) is 5.32 Å². The minimum absolute atomic E-state index is 0.0819. The Morgan fingerprint density at radius 2 is 2.38 bits per heavy atom. The van der Waals surface area contributed by atoms with Crippen LogP contribution < -0.4 is 10.2 Å². The van der Waals surface area contributed by atoms with Crippen LogP contribution in [0.4, 0.5) is 5.88 Å². The molecule has 2 heterocycles. The topological polar surface area (TPSA) is 54.7 Å². The molecule has 2 rings (SSSR count). The van der Waals surface area contributed by atoms with E-state index in [1.54, 1.807) is 13.1 Å². The second-order valence-electron chi connectivity index (χ2n) is 3.85. The predicted molar refractivity (Wildman–Crippen MR) is 59.5 cm³/mol. The fraction of sp³-hybridized carbons (Fsp3) is 0.545. The van der Waals surface area contributed by atoms with E-state index in [1.165, 1.54) is 4.90 Å². The van der Waals surface area contributed by atoms with Gasteiger partial charge in [0.15, 0.2) is 0 Å². The molecule has 0 radical (unpaired) electrons. The predicted octanol–water partition coefficient (Wildman–Crippen LogP) is 0.539. The van der Waals surface area contributed by atoms with Crippen LogP contribution in [-0.4, -0.2) is 38.8 Å². The first-order chi connectivity index (χ1) is 7.68. The molecule has 1 amide bonds. The lowest BCUT2D eigenvalue weighted by molar-refractivity contribution is -0.131. The van der Waals surface area contributed by atoms with Gasteiger partial charge in [0.25, 0.3) is 5.91 Å². The Labute approximate surface area is 94.4 Å². The molecule has 88 valence electrons. The maximum Gasteiger partial charge on any atom is 0.259 e. The zero-order chi connectivity index (χ0) is 11.5. The van der Waals surface area contributed by atoms with Crippen LogP contribution in [0.1, 0.15) is 5.76 Å². The normalized spacial score (nSPS) is 20.8.